The summed E-state index contributed by atoms with van der Waals surface area (Å²) in [6.45, 7) is 6.22. The number of nitrogens with zero attached hydrogens (tertiary/aromatic N) is 4. The summed E-state index contributed by atoms with van der Waals surface area (Å²) in [7, 11) is 3.32. The first-order valence-electron chi connectivity index (χ1n) is 13.7. The van der Waals surface area contributed by atoms with Crippen LogP contribution in [-0.4, -0.2) is 61.6 Å². The van der Waals surface area contributed by atoms with E-state index in [0.29, 0.717) is 41.0 Å². The highest BCUT2D eigenvalue weighted by molar-refractivity contribution is 6.01. The van der Waals surface area contributed by atoms with Gasteiger partial charge in [-0.05, 0) is 76.5 Å². The van der Waals surface area contributed by atoms with Crippen LogP contribution in [0, 0.1) is 5.41 Å². The Bertz CT molecular complexity index is 1370. The van der Waals surface area contributed by atoms with Gasteiger partial charge in [0.2, 0.25) is 11.9 Å². The van der Waals surface area contributed by atoms with E-state index in [1.54, 1.807) is 43.5 Å². The third-order valence-corrected chi connectivity index (χ3v) is 7.49. The zero-order valence-electron chi connectivity index (χ0n) is 23.5. The van der Waals surface area contributed by atoms with E-state index in [-0.39, 0.29) is 17.9 Å². The second-order valence-corrected chi connectivity index (χ2v) is 11.0. The molecule has 1 fully saturated rings. The largest absolute Gasteiger partial charge is 0.495 e. The van der Waals surface area contributed by atoms with Gasteiger partial charge in [-0.3, -0.25) is 9.59 Å². The molecule has 0 saturated carbocycles. The number of fused-ring (bicyclic) bond motifs is 1. The van der Waals surface area contributed by atoms with E-state index >= 15 is 0 Å². The molecule has 0 aliphatic carbocycles. The Labute approximate surface area is 235 Å². The number of ether oxygens (including phenoxy) is 1. The van der Waals surface area contributed by atoms with Gasteiger partial charge in [0.1, 0.15) is 11.4 Å². The number of carbonyl (C=O) groups is 2. The molecule has 10 nitrogen and oxygen atoms in total. The molecule has 3 heterocycles. The lowest BCUT2D eigenvalue weighted by Gasteiger charge is -2.29. The SMILES string of the molecule is COc1cc(C(=O)NC2CCCNCC2)ccc1Nc1ncc2c(n1)N(c1ccccc1)CC(C)(C)C(=O)N2C. The van der Waals surface area contributed by atoms with Gasteiger partial charge in [0.05, 0.1) is 24.4 Å². The van der Waals surface area contributed by atoms with E-state index in [1.807, 2.05) is 44.2 Å². The number of hydrogen-bond donors (Lipinski definition) is 3. The van der Waals surface area contributed by atoms with E-state index in [2.05, 4.69) is 25.8 Å². The fraction of sp³-hybridized carbons (Fsp3) is 0.400. The second kappa shape index (κ2) is 11.5. The number of rotatable bonds is 6. The van der Waals surface area contributed by atoms with Gasteiger partial charge in [0.15, 0.2) is 5.82 Å². The van der Waals surface area contributed by atoms with Crippen molar-refractivity contribution in [2.45, 2.75) is 39.2 Å². The molecule has 2 amide bonds. The van der Waals surface area contributed by atoms with E-state index in [1.165, 1.54) is 0 Å². The highest BCUT2D eigenvalue weighted by atomic mass is 16.5. The third-order valence-electron chi connectivity index (χ3n) is 7.49. The summed E-state index contributed by atoms with van der Waals surface area (Å²) < 4.78 is 5.63. The highest BCUT2D eigenvalue weighted by Crippen LogP contribution is 2.40. The van der Waals surface area contributed by atoms with Gasteiger partial charge in [-0.1, -0.05) is 18.2 Å². The first-order chi connectivity index (χ1) is 19.3. The predicted molar refractivity (Wildman–Crippen MR) is 157 cm³/mol. The molecule has 1 saturated heterocycles. The molecule has 1 aromatic heterocycles. The minimum atomic E-state index is -0.647. The Kier molecular flexibility index (Phi) is 7.88. The molecule has 40 heavy (non-hydrogen) atoms. The van der Waals surface area contributed by atoms with Crippen molar-refractivity contribution >= 4 is 40.6 Å². The lowest BCUT2D eigenvalue weighted by molar-refractivity contribution is -0.125. The molecule has 0 radical (unpaired) electrons. The molecule has 2 aliphatic heterocycles. The molecule has 210 valence electrons. The Balaban J connectivity index is 1.43. The minimum absolute atomic E-state index is 0.00728. The van der Waals surface area contributed by atoms with Gasteiger partial charge in [0, 0.05) is 30.9 Å². The van der Waals surface area contributed by atoms with Gasteiger partial charge in [-0.15, -0.1) is 0 Å². The summed E-state index contributed by atoms with van der Waals surface area (Å²) in [4.78, 5) is 39.3. The number of amides is 2. The van der Waals surface area contributed by atoms with Crippen LogP contribution in [0.2, 0.25) is 0 Å². The predicted octanol–water partition coefficient (Wildman–Crippen LogP) is 4.24. The zero-order valence-corrected chi connectivity index (χ0v) is 23.5. The lowest BCUT2D eigenvalue weighted by Crippen LogP contribution is -2.41. The van der Waals surface area contributed by atoms with Crippen molar-refractivity contribution < 1.29 is 14.3 Å². The van der Waals surface area contributed by atoms with Crippen LogP contribution in [0.5, 0.6) is 5.75 Å². The standard InChI is InChI=1S/C30H37N7O3/c1-30(2)19-37(22-10-6-5-7-11-22)26-24(36(3)28(30)39)18-32-29(35-26)34-23-13-12-20(17-25(23)40-4)27(38)33-21-9-8-15-31-16-14-21/h5-7,10-13,17-18,21,31H,8-9,14-16,19H2,1-4H3,(H,33,38)(H,32,34,35). The molecule has 0 bridgehead atoms. The highest BCUT2D eigenvalue weighted by Gasteiger charge is 2.39. The van der Waals surface area contributed by atoms with Crippen LogP contribution in [0.25, 0.3) is 0 Å². The van der Waals surface area contributed by atoms with Crippen LogP contribution in [0.15, 0.2) is 54.7 Å². The Morgan fingerprint density at radius 1 is 1.12 bits per heavy atom. The number of aromatic nitrogens is 2. The average Bonchev–Trinajstić information content (AvgIpc) is 3.27. The van der Waals surface area contributed by atoms with Gasteiger partial charge < -0.3 is 30.5 Å². The Morgan fingerprint density at radius 3 is 2.70 bits per heavy atom. The molecular formula is C30H37N7O3. The molecule has 3 aromatic rings. The number of anilines is 5. The van der Waals surface area contributed by atoms with E-state index < -0.39 is 5.41 Å². The maximum Gasteiger partial charge on any atom is 0.251 e. The van der Waals surface area contributed by atoms with Crippen LogP contribution in [-0.2, 0) is 4.79 Å². The first kappa shape index (κ1) is 27.4. The van der Waals surface area contributed by atoms with Crippen molar-refractivity contribution in [3.05, 3.63) is 60.3 Å². The summed E-state index contributed by atoms with van der Waals surface area (Å²) in [6.07, 6.45) is 4.58. The first-order valence-corrected chi connectivity index (χ1v) is 13.7. The number of methoxy groups -OCH3 is 1. The van der Waals surface area contributed by atoms with E-state index in [9.17, 15) is 9.59 Å². The average molecular weight is 544 g/mol. The van der Waals surface area contributed by atoms with Crippen LogP contribution < -0.4 is 30.5 Å². The number of nitrogens with one attached hydrogen (secondary N) is 3. The van der Waals surface area contributed by atoms with E-state index in [0.717, 1.165) is 38.0 Å². The lowest BCUT2D eigenvalue weighted by atomic mass is 9.91. The summed E-state index contributed by atoms with van der Waals surface area (Å²) in [6, 6.07) is 15.3. The number of para-hydroxylation sites is 1. The molecule has 1 unspecified atom stereocenters. The van der Waals surface area contributed by atoms with Gasteiger partial charge in [-0.2, -0.15) is 4.98 Å². The van der Waals surface area contributed by atoms with Crippen LogP contribution in [0.3, 0.4) is 0 Å². The molecule has 10 heteroatoms. The number of hydrogen-bond acceptors (Lipinski definition) is 8. The monoisotopic (exact) mass is 543 g/mol. The summed E-state index contributed by atoms with van der Waals surface area (Å²) in [5.41, 5.74) is 2.06. The second-order valence-electron chi connectivity index (χ2n) is 11.0. The molecule has 2 aliphatic rings. The van der Waals surface area contributed by atoms with Crippen LogP contribution >= 0.6 is 0 Å². The fourth-order valence-electron chi connectivity index (χ4n) is 5.27. The van der Waals surface area contributed by atoms with Crippen molar-refractivity contribution in [3.63, 3.8) is 0 Å². The van der Waals surface area contributed by atoms with Crippen LogP contribution in [0.4, 0.5) is 28.8 Å². The molecular weight excluding hydrogens is 506 g/mol. The van der Waals surface area contributed by atoms with Crippen molar-refractivity contribution in [1.82, 2.24) is 20.6 Å². The minimum Gasteiger partial charge on any atom is -0.495 e. The Hall–Kier alpha value is -4.18. The quantitative estimate of drug-likeness (QED) is 0.423. The molecule has 1 atom stereocenters. The molecule has 2 aromatic carbocycles. The van der Waals surface area contributed by atoms with E-state index in [4.69, 9.17) is 9.72 Å². The van der Waals surface area contributed by atoms with Crippen molar-refractivity contribution in [3.8, 4) is 5.75 Å². The summed E-state index contributed by atoms with van der Waals surface area (Å²) in [5.74, 6) is 1.35. The summed E-state index contributed by atoms with van der Waals surface area (Å²) >= 11 is 0. The van der Waals surface area contributed by atoms with Gasteiger partial charge >= 0.3 is 0 Å². The third kappa shape index (κ3) is 5.72. The zero-order chi connectivity index (χ0) is 28.3. The smallest absolute Gasteiger partial charge is 0.251 e. The molecule has 3 N–H and O–H groups in total. The maximum atomic E-state index is 13.3. The van der Waals surface area contributed by atoms with Crippen molar-refractivity contribution in [2.24, 2.45) is 5.41 Å². The molecule has 0 spiro atoms. The van der Waals surface area contributed by atoms with Gasteiger partial charge in [0.25, 0.3) is 5.91 Å². The molecule has 5 rings (SSSR count). The fourth-order valence-corrected chi connectivity index (χ4v) is 5.27. The van der Waals surface area contributed by atoms with Gasteiger partial charge in [-0.25, -0.2) is 4.98 Å². The normalized spacial score (nSPS) is 18.8. The number of benzene rings is 2. The van der Waals surface area contributed by atoms with Crippen molar-refractivity contribution in [2.75, 3.05) is 48.9 Å². The topological polar surface area (TPSA) is 112 Å². The summed E-state index contributed by atoms with van der Waals surface area (Å²) in [5, 5.41) is 9.77. The van der Waals surface area contributed by atoms with Crippen molar-refractivity contribution in [1.29, 1.82) is 0 Å². The number of carbonyl (C=O) groups excluding carboxylic acids is 2. The maximum absolute atomic E-state index is 13.3. The Morgan fingerprint density at radius 2 is 1.93 bits per heavy atom. The van der Waals surface area contributed by atoms with Crippen LogP contribution in [0.1, 0.15) is 43.5 Å².